The molecule has 2 heterocycles. The topological polar surface area (TPSA) is 61.8 Å². The van der Waals surface area contributed by atoms with E-state index in [9.17, 15) is 17.8 Å². The molecule has 0 radical (unpaired) electrons. The van der Waals surface area contributed by atoms with E-state index in [0.29, 0.717) is 4.88 Å². The van der Waals surface area contributed by atoms with Crippen LogP contribution >= 0.6 is 22.9 Å². The second-order valence-electron chi connectivity index (χ2n) is 4.92. The molecule has 1 aromatic heterocycles. The molecule has 1 aliphatic heterocycles. The number of nitrogens with one attached hydrogen (secondary N) is 1. The van der Waals surface area contributed by atoms with E-state index in [4.69, 9.17) is 11.6 Å². The maximum atomic E-state index is 13.2. The van der Waals surface area contributed by atoms with E-state index in [-0.39, 0.29) is 22.1 Å². The van der Waals surface area contributed by atoms with Crippen molar-refractivity contribution in [2.24, 2.45) is 4.40 Å². The van der Waals surface area contributed by atoms with Gasteiger partial charge in [0.15, 0.2) is 5.13 Å². The van der Waals surface area contributed by atoms with Crippen molar-refractivity contribution in [3.8, 4) is 0 Å². The van der Waals surface area contributed by atoms with Crippen LogP contribution in [-0.4, -0.2) is 27.2 Å². The predicted molar refractivity (Wildman–Crippen MR) is 94.8 cm³/mol. The molecule has 0 spiro atoms. The summed E-state index contributed by atoms with van der Waals surface area (Å²) in [5.74, 6) is -1.19. The Balaban J connectivity index is 1.89. The van der Waals surface area contributed by atoms with Crippen LogP contribution in [0.1, 0.15) is 4.88 Å². The molecule has 1 N–H and O–H groups in total. The van der Waals surface area contributed by atoms with Crippen molar-refractivity contribution < 1.29 is 17.8 Å². The molecule has 0 saturated carbocycles. The average molecular weight is 402 g/mol. The molecule has 0 fully saturated rings. The van der Waals surface area contributed by atoms with Crippen LogP contribution in [0.15, 0.2) is 46.5 Å². The van der Waals surface area contributed by atoms with Gasteiger partial charge < -0.3 is 5.32 Å². The molecule has 1 atom stereocenters. The Bertz CT molecular complexity index is 943. The van der Waals surface area contributed by atoms with E-state index in [1.54, 1.807) is 0 Å². The van der Waals surface area contributed by atoms with Crippen LogP contribution in [0.5, 0.6) is 0 Å². The van der Waals surface area contributed by atoms with Crippen LogP contribution in [0.4, 0.5) is 14.5 Å². The summed E-state index contributed by atoms with van der Waals surface area (Å²) in [4.78, 5) is 12.9. The summed E-state index contributed by atoms with van der Waals surface area (Å²) in [5.41, 5.74) is 0.591. The van der Waals surface area contributed by atoms with E-state index in [1.807, 2.05) is 0 Å². The fraction of sp³-hybridized carbons (Fsp3) is 0.0667. The third-order valence-electron chi connectivity index (χ3n) is 3.26. The Hall–Kier alpha value is -2.10. The Kier molecular flexibility index (Phi) is 4.98. The van der Waals surface area contributed by atoms with Crippen LogP contribution in [0.2, 0.25) is 5.02 Å². The summed E-state index contributed by atoms with van der Waals surface area (Å²) >= 11 is 4.69. The quantitative estimate of drug-likeness (QED) is 0.855. The van der Waals surface area contributed by atoms with Gasteiger partial charge in [-0.3, -0.25) is 9.10 Å². The number of benzene rings is 1. The second-order valence-corrected chi connectivity index (χ2v) is 7.55. The molecule has 2 aromatic rings. The molecule has 5 nitrogen and oxygen atoms in total. The molecule has 0 bridgehead atoms. The molecule has 10 heteroatoms. The molecule has 1 amide bonds. The molecule has 1 aromatic carbocycles. The zero-order valence-corrected chi connectivity index (χ0v) is 15.0. The van der Waals surface area contributed by atoms with Gasteiger partial charge in [-0.05, 0) is 36.4 Å². The van der Waals surface area contributed by atoms with Crippen LogP contribution in [0, 0.1) is 10.9 Å². The number of carbonyl (C=O) groups excluding carboxylic acids is 1. The Morgan fingerprint density at radius 3 is 2.72 bits per heavy atom. The molecular weight excluding hydrogens is 392 g/mol. The van der Waals surface area contributed by atoms with Crippen LogP contribution in [-0.2, 0) is 16.0 Å². The normalized spacial score (nSPS) is 17.1. The fourth-order valence-corrected chi connectivity index (χ4v) is 3.70. The molecule has 1 aliphatic rings. The lowest BCUT2D eigenvalue weighted by molar-refractivity contribution is -0.113. The zero-order chi connectivity index (χ0) is 18.1. The van der Waals surface area contributed by atoms with E-state index in [0.717, 1.165) is 17.4 Å². The van der Waals surface area contributed by atoms with Gasteiger partial charge in [-0.2, -0.15) is 8.79 Å². The van der Waals surface area contributed by atoms with Gasteiger partial charge in [-0.1, -0.05) is 11.6 Å². The van der Waals surface area contributed by atoms with Gasteiger partial charge in [0, 0.05) is 12.7 Å². The molecule has 0 saturated heterocycles. The number of halogens is 3. The predicted octanol–water partition coefficient (Wildman–Crippen LogP) is 3.52. The highest BCUT2D eigenvalue weighted by Gasteiger charge is 2.25. The SMILES string of the molecule is CN1C(C(=O)Nc2ccc(F)c(Cl)c2)=CC(c2ccc(F)s2)=NS1=O. The number of anilines is 1. The minimum absolute atomic E-state index is 0.0672. The first-order chi connectivity index (χ1) is 11.8. The van der Waals surface area contributed by atoms with Crippen molar-refractivity contribution in [3.63, 3.8) is 0 Å². The minimum atomic E-state index is -1.83. The lowest BCUT2D eigenvalue weighted by Gasteiger charge is -2.22. The number of thiophene rings is 1. The van der Waals surface area contributed by atoms with Crippen molar-refractivity contribution in [1.82, 2.24) is 4.31 Å². The summed E-state index contributed by atoms with van der Waals surface area (Å²) in [5, 5.41) is 2.00. The first-order valence-electron chi connectivity index (χ1n) is 6.83. The Morgan fingerprint density at radius 1 is 1.32 bits per heavy atom. The number of nitrogens with zero attached hydrogens (tertiary/aromatic N) is 2. The van der Waals surface area contributed by atoms with Gasteiger partial charge in [0.2, 0.25) is 11.2 Å². The molecule has 130 valence electrons. The van der Waals surface area contributed by atoms with Crippen molar-refractivity contribution in [2.45, 2.75) is 0 Å². The summed E-state index contributed by atoms with van der Waals surface area (Å²) in [6.07, 6.45) is 1.41. The molecule has 0 aliphatic carbocycles. The Labute approximate surface area is 153 Å². The largest absolute Gasteiger partial charge is 0.321 e. The monoisotopic (exact) mass is 401 g/mol. The van der Waals surface area contributed by atoms with E-state index in [2.05, 4.69) is 9.71 Å². The van der Waals surface area contributed by atoms with Gasteiger partial charge in [0.05, 0.1) is 15.6 Å². The average Bonchev–Trinajstić information content (AvgIpc) is 3.00. The summed E-state index contributed by atoms with van der Waals surface area (Å²) in [7, 11) is 1.44. The van der Waals surface area contributed by atoms with Gasteiger partial charge in [0.25, 0.3) is 5.91 Å². The lowest BCUT2D eigenvalue weighted by Crippen LogP contribution is -2.32. The molecule has 25 heavy (non-hydrogen) atoms. The first kappa shape index (κ1) is 17.7. The number of likely N-dealkylation sites (N-methyl/N-ethyl adjacent to an activating group) is 1. The summed E-state index contributed by atoms with van der Waals surface area (Å²) in [6, 6.07) is 6.49. The number of hydrogen-bond acceptors (Lipinski definition) is 3. The fourth-order valence-electron chi connectivity index (χ4n) is 2.02. The lowest BCUT2D eigenvalue weighted by atomic mass is 10.2. The summed E-state index contributed by atoms with van der Waals surface area (Å²) in [6.45, 7) is 0. The van der Waals surface area contributed by atoms with Crippen molar-refractivity contribution in [2.75, 3.05) is 12.4 Å². The van der Waals surface area contributed by atoms with Crippen molar-refractivity contribution >= 4 is 51.4 Å². The highest BCUT2D eigenvalue weighted by Crippen LogP contribution is 2.24. The number of rotatable bonds is 3. The number of allylic oxidation sites excluding steroid dienone is 1. The third kappa shape index (κ3) is 3.78. The standard InChI is InChI=1S/C15H10ClF2N3O2S2/c1-21-12(15(22)19-8-2-3-10(17)9(16)6-8)7-11(20-25(21)23)13-4-5-14(18)24-13/h2-7H,1H3,(H,19,22). The maximum absolute atomic E-state index is 13.2. The maximum Gasteiger partial charge on any atom is 0.272 e. The highest BCUT2D eigenvalue weighted by molar-refractivity contribution is 7.81. The first-order valence-corrected chi connectivity index (χ1v) is 9.09. The molecule has 3 rings (SSSR count). The number of hydrogen-bond donors (Lipinski definition) is 1. The Morgan fingerprint density at radius 2 is 2.08 bits per heavy atom. The molecular formula is C15H10ClF2N3O2S2. The molecule has 1 unspecified atom stereocenters. The van der Waals surface area contributed by atoms with E-state index < -0.39 is 28.0 Å². The van der Waals surface area contributed by atoms with Crippen LogP contribution in [0.25, 0.3) is 0 Å². The minimum Gasteiger partial charge on any atom is -0.321 e. The number of amides is 1. The van der Waals surface area contributed by atoms with Gasteiger partial charge in [-0.25, -0.2) is 8.60 Å². The third-order valence-corrected chi connectivity index (χ3v) is 5.46. The van der Waals surface area contributed by atoms with E-state index >= 15 is 0 Å². The zero-order valence-electron chi connectivity index (χ0n) is 12.6. The second kappa shape index (κ2) is 7.03. The van der Waals surface area contributed by atoms with Gasteiger partial charge in [0.1, 0.15) is 11.5 Å². The van der Waals surface area contributed by atoms with Crippen molar-refractivity contribution in [3.05, 3.63) is 63.0 Å². The van der Waals surface area contributed by atoms with Crippen LogP contribution < -0.4 is 5.32 Å². The van der Waals surface area contributed by atoms with E-state index in [1.165, 1.54) is 41.7 Å². The smallest absolute Gasteiger partial charge is 0.272 e. The van der Waals surface area contributed by atoms with Gasteiger partial charge >= 0.3 is 0 Å². The summed E-state index contributed by atoms with van der Waals surface area (Å²) < 4.78 is 43.6. The highest BCUT2D eigenvalue weighted by atomic mass is 35.5. The number of carbonyl (C=O) groups is 1. The van der Waals surface area contributed by atoms with Crippen molar-refractivity contribution in [1.29, 1.82) is 0 Å². The van der Waals surface area contributed by atoms with Gasteiger partial charge in [-0.15, -0.1) is 11.3 Å². The van der Waals surface area contributed by atoms with Crippen LogP contribution in [0.3, 0.4) is 0 Å².